The van der Waals surface area contributed by atoms with Crippen LogP contribution in [0.4, 0.5) is 0 Å². The maximum atomic E-state index is 12.6. The van der Waals surface area contributed by atoms with Crippen molar-refractivity contribution >= 4 is 17.7 Å². The van der Waals surface area contributed by atoms with Gasteiger partial charge in [0.2, 0.25) is 5.91 Å². The van der Waals surface area contributed by atoms with Crippen LogP contribution in [-0.2, 0) is 11.2 Å². The smallest absolute Gasteiger partial charge is 0.254 e. The highest BCUT2D eigenvalue weighted by Gasteiger charge is 2.34. The number of carbonyl (C=O) groups excluding carboxylic acids is 1. The van der Waals surface area contributed by atoms with Gasteiger partial charge in [0.15, 0.2) is 0 Å². The predicted molar refractivity (Wildman–Crippen MR) is 95.0 cm³/mol. The molecule has 0 saturated carbocycles. The Labute approximate surface area is 142 Å². The van der Waals surface area contributed by atoms with Crippen LogP contribution in [0.3, 0.4) is 0 Å². The van der Waals surface area contributed by atoms with E-state index >= 15 is 0 Å². The second-order valence-electron chi connectivity index (χ2n) is 6.27. The highest BCUT2D eigenvalue weighted by molar-refractivity contribution is 8.00. The fourth-order valence-electron chi connectivity index (χ4n) is 3.17. The Kier molecular flexibility index (Phi) is 5.89. The molecule has 1 fully saturated rings. The first-order valence-electron chi connectivity index (χ1n) is 8.39. The van der Waals surface area contributed by atoms with Gasteiger partial charge in [0.25, 0.3) is 5.56 Å². The Balaban J connectivity index is 2.01. The van der Waals surface area contributed by atoms with E-state index in [-0.39, 0.29) is 16.2 Å². The lowest BCUT2D eigenvalue weighted by atomic mass is 10.0. The molecule has 0 radical (unpaired) electrons. The summed E-state index contributed by atoms with van der Waals surface area (Å²) in [7, 11) is 0. The third-order valence-electron chi connectivity index (χ3n) is 4.82. The molecule has 0 unspecified atom stereocenters. The minimum atomic E-state index is -0.117. The van der Waals surface area contributed by atoms with Crippen LogP contribution < -0.4 is 5.56 Å². The number of hydrogen-bond donors (Lipinski definition) is 1. The molecule has 5 nitrogen and oxygen atoms in total. The summed E-state index contributed by atoms with van der Waals surface area (Å²) in [5.41, 5.74) is 1.24. The number of amides is 1. The summed E-state index contributed by atoms with van der Waals surface area (Å²) >= 11 is 1.99. The summed E-state index contributed by atoms with van der Waals surface area (Å²) in [6.07, 6.45) is 3.00. The molecule has 2 rings (SSSR count). The minimum absolute atomic E-state index is 0.117. The largest absolute Gasteiger partial charge is 0.340 e. The Morgan fingerprint density at radius 1 is 1.35 bits per heavy atom. The molecule has 1 saturated heterocycles. The zero-order valence-corrected chi connectivity index (χ0v) is 15.4. The molecular weight excluding hydrogens is 310 g/mol. The van der Waals surface area contributed by atoms with Crippen molar-refractivity contribution in [1.29, 1.82) is 0 Å². The summed E-state index contributed by atoms with van der Waals surface area (Å²) in [5.74, 6) is 1.77. The highest BCUT2D eigenvalue weighted by Crippen LogP contribution is 2.36. The molecule has 2 heterocycles. The molecule has 0 aromatic carbocycles. The van der Waals surface area contributed by atoms with Crippen molar-refractivity contribution < 1.29 is 4.79 Å². The number of rotatable bonds is 5. The molecule has 0 spiro atoms. The highest BCUT2D eigenvalue weighted by atomic mass is 32.2. The fourth-order valence-corrected chi connectivity index (χ4v) is 4.57. The van der Waals surface area contributed by atoms with Gasteiger partial charge in [0.05, 0.1) is 0 Å². The molecule has 0 aliphatic carbocycles. The van der Waals surface area contributed by atoms with Gasteiger partial charge in [-0.1, -0.05) is 13.8 Å². The minimum Gasteiger partial charge on any atom is -0.340 e. The monoisotopic (exact) mass is 337 g/mol. The van der Waals surface area contributed by atoms with Crippen molar-refractivity contribution in [3.05, 3.63) is 27.4 Å². The first-order valence-corrected chi connectivity index (χ1v) is 9.37. The normalized spacial score (nSPS) is 17.3. The van der Waals surface area contributed by atoms with Crippen LogP contribution in [0.5, 0.6) is 0 Å². The first-order chi connectivity index (χ1) is 10.9. The average Bonchev–Trinajstić information content (AvgIpc) is 2.53. The molecule has 1 aliphatic rings. The molecule has 1 aromatic heterocycles. The van der Waals surface area contributed by atoms with Crippen LogP contribution in [0.25, 0.3) is 0 Å². The quantitative estimate of drug-likeness (QED) is 0.896. The van der Waals surface area contributed by atoms with E-state index in [1.54, 1.807) is 6.92 Å². The Bertz CT molecular complexity index is 623. The van der Waals surface area contributed by atoms with Crippen molar-refractivity contribution in [3.8, 4) is 0 Å². The number of nitrogens with zero attached hydrogens (tertiary/aromatic N) is 2. The van der Waals surface area contributed by atoms with E-state index in [0.717, 1.165) is 37.4 Å². The van der Waals surface area contributed by atoms with E-state index < -0.39 is 0 Å². The van der Waals surface area contributed by atoms with Gasteiger partial charge in [-0.2, -0.15) is 11.8 Å². The second kappa shape index (κ2) is 7.51. The number of carbonyl (C=O) groups is 1. The van der Waals surface area contributed by atoms with Crippen molar-refractivity contribution in [2.45, 2.75) is 58.1 Å². The SMILES string of the molecule is CCC1(CC)CN(C(=O)CCc2c(C)nc(C)[nH]c2=O)CCS1. The zero-order valence-electron chi connectivity index (χ0n) is 14.6. The standard InChI is InChI=1S/C17H27N3O2S/c1-5-17(6-2)11-20(9-10-23-17)15(21)8-7-14-12(3)18-13(4)19-16(14)22/h5-11H2,1-4H3,(H,18,19,22). The van der Waals surface area contributed by atoms with E-state index in [1.807, 2.05) is 23.6 Å². The van der Waals surface area contributed by atoms with Gasteiger partial charge in [0, 0.05) is 41.3 Å². The molecule has 6 heteroatoms. The van der Waals surface area contributed by atoms with Crippen molar-refractivity contribution in [2.24, 2.45) is 0 Å². The number of hydrogen-bond acceptors (Lipinski definition) is 4. The summed E-state index contributed by atoms with van der Waals surface area (Å²) in [6.45, 7) is 9.64. The summed E-state index contributed by atoms with van der Waals surface area (Å²) in [6, 6.07) is 0. The maximum absolute atomic E-state index is 12.6. The Hall–Kier alpha value is -1.30. The van der Waals surface area contributed by atoms with Crippen LogP contribution >= 0.6 is 11.8 Å². The molecule has 0 atom stereocenters. The average molecular weight is 337 g/mol. The number of nitrogens with one attached hydrogen (secondary N) is 1. The summed E-state index contributed by atoms with van der Waals surface area (Å²) in [4.78, 5) is 33.6. The molecule has 128 valence electrons. The first kappa shape index (κ1) is 18.0. The van der Waals surface area contributed by atoms with Gasteiger partial charge < -0.3 is 9.88 Å². The maximum Gasteiger partial charge on any atom is 0.254 e. The Morgan fingerprint density at radius 3 is 2.65 bits per heavy atom. The predicted octanol–water partition coefficient (Wildman–Crippen LogP) is 2.45. The molecule has 1 N–H and O–H groups in total. The second-order valence-corrected chi connectivity index (χ2v) is 7.83. The molecule has 23 heavy (non-hydrogen) atoms. The van der Waals surface area contributed by atoms with Gasteiger partial charge >= 0.3 is 0 Å². The van der Waals surface area contributed by atoms with Gasteiger partial charge in [-0.15, -0.1) is 0 Å². The van der Waals surface area contributed by atoms with Crippen LogP contribution in [0.2, 0.25) is 0 Å². The third-order valence-corrected chi connectivity index (χ3v) is 6.52. The summed E-state index contributed by atoms with van der Waals surface area (Å²) < 4.78 is 0.201. The topological polar surface area (TPSA) is 66.1 Å². The number of thioether (sulfide) groups is 1. The van der Waals surface area contributed by atoms with Crippen LogP contribution in [0, 0.1) is 13.8 Å². The molecule has 1 aliphatic heterocycles. The van der Waals surface area contributed by atoms with Gasteiger partial charge in [-0.25, -0.2) is 4.98 Å². The van der Waals surface area contributed by atoms with E-state index in [4.69, 9.17) is 0 Å². The van der Waals surface area contributed by atoms with E-state index in [0.29, 0.717) is 24.2 Å². The Morgan fingerprint density at radius 2 is 2.04 bits per heavy atom. The molecule has 1 amide bonds. The van der Waals surface area contributed by atoms with Crippen molar-refractivity contribution in [1.82, 2.24) is 14.9 Å². The van der Waals surface area contributed by atoms with Crippen LogP contribution in [-0.4, -0.2) is 44.4 Å². The van der Waals surface area contributed by atoms with Gasteiger partial charge in [-0.3, -0.25) is 9.59 Å². The third kappa shape index (κ3) is 4.16. The van der Waals surface area contributed by atoms with E-state index in [2.05, 4.69) is 23.8 Å². The number of aromatic nitrogens is 2. The van der Waals surface area contributed by atoms with Gasteiger partial charge in [-0.05, 0) is 33.1 Å². The summed E-state index contributed by atoms with van der Waals surface area (Å²) in [5, 5.41) is 0. The van der Waals surface area contributed by atoms with Gasteiger partial charge in [0.1, 0.15) is 5.82 Å². The lowest BCUT2D eigenvalue weighted by Gasteiger charge is -2.41. The molecule has 1 aromatic rings. The number of aryl methyl sites for hydroxylation is 2. The van der Waals surface area contributed by atoms with E-state index in [9.17, 15) is 9.59 Å². The van der Waals surface area contributed by atoms with Crippen LogP contribution in [0.1, 0.15) is 50.2 Å². The number of H-pyrrole nitrogens is 1. The lowest BCUT2D eigenvalue weighted by Crippen LogP contribution is -2.48. The fraction of sp³-hybridized carbons (Fsp3) is 0.706. The molecule has 0 bridgehead atoms. The van der Waals surface area contributed by atoms with E-state index in [1.165, 1.54) is 0 Å². The zero-order chi connectivity index (χ0) is 17.0. The van der Waals surface area contributed by atoms with Crippen LogP contribution in [0.15, 0.2) is 4.79 Å². The number of aromatic amines is 1. The molecular formula is C17H27N3O2S. The van der Waals surface area contributed by atoms with Crippen molar-refractivity contribution in [2.75, 3.05) is 18.8 Å². The van der Waals surface area contributed by atoms with Crippen molar-refractivity contribution in [3.63, 3.8) is 0 Å². The lowest BCUT2D eigenvalue weighted by molar-refractivity contribution is -0.131.